The predicted octanol–water partition coefficient (Wildman–Crippen LogP) is 2.89. The van der Waals surface area contributed by atoms with E-state index in [1.807, 2.05) is 6.07 Å². The molecule has 3 rings (SSSR count). The van der Waals surface area contributed by atoms with Gasteiger partial charge in [0.05, 0.1) is 25.8 Å². The predicted molar refractivity (Wildman–Crippen MR) is 85.1 cm³/mol. The third-order valence-electron chi connectivity index (χ3n) is 3.69. The second-order valence-electron chi connectivity index (χ2n) is 5.08. The molecule has 0 bridgehead atoms. The first kappa shape index (κ1) is 15.1. The molecular weight excluding hydrogens is 306 g/mol. The summed E-state index contributed by atoms with van der Waals surface area (Å²) in [5.41, 5.74) is 0.701. The minimum atomic E-state index is 0.189. The fourth-order valence-electron chi connectivity index (χ4n) is 2.58. The molecule has 2 aromatic rings. The zero-order chi connectivity index (χ0) is 15.5. The van der Waals surface area contributed by atoms with Crippen LogP contribution in [0.15, 0.2) is 12.1 Å². The van der Waals surface area contributed by atoms with Gasteiger partial charge in [0.25, 0.3) is 0 Å². The topological polar surface area (TPSA) is 65.5 Å². The van der Waals surface area contributed by atoms with Crippen LogP contribution >= 0.6 is 11.6 Å². The molecule has 1 saturated heterocycles. The van der Waals surface area contributed by atoms with Gasteiger partial charge in [-0.25, -0.2) is 9.97 Å². The van der Waals surface area contributed by atoms with E-state index in [4.69, 9.17) is 25.8 Å². The van der Waals surface area contributed by atoms with E-state index in [9.17, 15) is 0 Å². The van der Waals surface area contributed by atoms with E-state index in [0.717, 1.165) is 24.8 Å². The number of hydrogen-bond acceptors (Lipinski definition) is 6. The maximum Gasteiger partial charge on any atom is 0.224 e. The summed E-state index contributed by atoms with van der Waals surface area (Å²) in [5, 5.41) is 4.33. The van der Waals surface area contributed by atoms with E-state index >= 15 is 0 Å². The average molecular weight is 324 g/mol. The molecule has 7 heteroatoms. The van der Waals surface area contributed by atoms with Crippen molar-refractivity contribution in [3.8, 4) is 11.5 Å². The Morgan fingerprint density at radius 2 is 2.05 bits per heavy atom. The summed E-state index contributed by atoms with van der Waals surface area (Å²) in [6.45, 7) is 1.51. The molecule has 1 aromatic heterocycles. The first-order chi connectivity index (χ1) is 10.7. The maximum atomic E-state index is 6.02. The third-order valence-corrected chi connectivity index (χ3v) is 3.86. The summed E-state index contributed by atoms with van der Waals surface area (Å²) in [6, 6.07) is 3.64. The van der Waals surface area contributed by atoms with Crippen molar-refractivity contribution in [2.75, 3.05) is 32.7 Å². The normalized spacial score (nSPS) is 17.7. The molecule has 0 aliphatic carbocycles. The number of nitrogens with one attached hydrogen (secondary N) is 1. The number of ether oxygens (including phenoxy) is 3. The Bertz CT molecular complexity index is 675. The van der Waals surface area contributed by atoms with Crippen molar-refractivity contribution >= 4 is 28.3 Å². The molecule has 0 spiro atoms. The highest BCUT2D eigenvalue weighted by Crippen LogP contribution is 2.34. The van der Waals surface area contributed by atoms with Gasteiger partial charge in [0, 0.05) is 24.6 Å². The molecule has 1 unspecified atom stereocenters. The van der Waals surface area contributed by atoms with Crippen LogP contribution in [0.25, 0.3) is 10.9 Å². The number of halogens is 1. The summed E-state index contributed by atoms with van der Waals surface area (Å²) < 4.78 is 16.3. The molecule has 1 atom stereocenters. The number of rotatable bonds is 5. The lowest BCUT2D eigenvalue weighted by Gasteiger charge is -2.14. The highest BCUT2D eigenvalue weighted by molar-refractivity contribution is 6.28. The van der Waals surface area contributed by atoms with Crippen LogP contribution in [-0.4, -0.2) is 43.4 Å². The van der Waals surface area contributed by atoms with Crippen LogP contribution in [0.4, 0.5) is 5.82 Å². The minimum absolute atomic E-state index is 0.189. The van der Waals surface area contributed by atoms with Crippen molar-refractivity contribution < 1.29 is 14.2 Å². The molecule has 2 heterocycles. The van der Waals surface area contributed by atoms with Gasteiger partial charge >= 0.3 is 0 Å². The Morgan fingerprint density at radius 1 is 1.27 bits per heavy atom. The number of fused-ring (bicyclic) bond motifs is 1. The smallest absolute Gasteiger partial charge is 0.224 e. The number of hydrogen-bond donors (Lipinski definition) is 1. The first-order valence-electron chi connectivity index (χ1n) is 7.16. The van der Waals surface area contributed by atoms with Crippen LogP contribution in [0.1, 0.15) is 12.8 Å². The SMILES string of the molecule is COc1cc2nc(Cl)nc(NCC3CCCO3)c2cc1OC. The lowest BCUT2D eigenvalue weighted by molar-refractivity contribution is 0.120. The minimum Gasteiger partial charge on any atom is -0.493 e. The van der Waals surface area contributed by atoms with Crippen LogP contribution in [-0.2, 0) is 4.74 Å². The van der Waals surface area contributed by atoms with Gasteiger partial charge in [0.2, 0.25) is 5.28 Å². The molecule has 1 fully saturated rings. The fraction of sp³-hybridized carbons (Fsp3) is 0.467. The fourth-order valence-corrected chi connectivity index (χ4v) is 2.75. The van der Waals surface area contributed by atoms with Crippen LogP contribution in [0.2, 0.25) is 5.28 Å². The molecule has 0 amide bonds. The first-order valence-corrected chi connectivity index (χ1v) is 7.54. The number of aromatic nitrogens is 2. The quantitative estimate of drug-likeness (QED) is 0.853. The van der Waals surface area contributed by atoms with Crippen molar-refractivity contribution in [2.24, 2.45) is 0 Å². The van der Waals surface area contributed by atoms with Crippen LogP contribution < -0.4 is 14.8 Å². The van der Waals surface area contributed by atoms with Crippen LogP contribution in [0.5, 0.6) is 11.5 Å². The Labute approximate surface area is 133 Å². The van der Waals surface area contributed by atoms with Gasteiger partial charge in [-0.1, -0.05) is 0 Å². The Morgan fingerprint density at radius 3 is 2.73 bits per heavy atom. The molecule has 1 aromatic carbocycles. The van der Waals surface area contributed by atoms with Crippen LogP contribution in [0.3, 0.4) is 0 Å². The van der Waals surface area contributed by atoms with Gasteiger partial charge in [-0.15, -0.1) is 0 Å². The van der Waals surface area contributed by atoms with E-state index in [2.05, 4.69) is 15.3 Å². The molecule has 22 heavy (non-hydrogen) atoms. The second-order valence-corrected chi connectivity index (χ2v) is 5.42. The maximum absolute atomic E-state index is 6.02. The zero-order valence-electron chi connectivity index (χ0n) is 12.6. The third kappa shape index (κ3) is 3.03. The van der Waals surface area contributed by atoms with Crippen molar-refractivity contribution in [3.63, 3.8) is 0 Å². The van der Waals surface area contributed by atoms with E-state index in [-0.39, 0.29) is 11.4 Å². The van der Waals surface area contributed by atoms with Gasteiger partial charge in [0.15, 0.2) is 11.5 Å². The highest BCUT2D eigenvalue weighted by Gasteiger charge is 2.17. The number of nitrogens with zero attached hydrogens (tertiary/aromatic N) is 2. The lowest BCUT2D eigenvalue weighted by atomic mass is 10.2. The van der Waals surface area contributed by atoms with E-state index in [1.165, 1.54) is 0 Å². The molecular formula is C15H18ClN3O3. The lowest BCUT2D eigenvalue weighted by Crippen LogP contribution is -2.19. The van der Waals surface area contributed by atoms with E-state index in [0.29, 0.717) is 29.4 Å². The van der Waals surface area contributed by atoms with Gasteiger partial charge in [-0.3, -0.25) is 0 Å². The molecule has 0 saturated carbocycles. The monoisotopic (exact) mass is 323 g/mol. The van der Waals surface area contributed by atoms with Gasteiger partial charge < -0.3 is 19.5 Å². The average Bonchev–Trinajstić information content (AvgIpc) is 3.04. The summed E-state index contributed by atoms with van der Waals surface area (Å²) in [7, 11) is 3.18. The Hall–Kier alpha value is -1.79. The van der Waals surface area contributed by atoms with Gasteiger partial charge in [0.1, 0.15) is 5.82 Å². The highest BCUT2D eigenvalue weighted by atomic mass is 35.5. The number of benzene rings is 1. The number of methoxy groups -OCH3 is 2. The van der Waals surface area contributed by atoms with Crippen molar-refractivity contribution in [1.82, 2.24) is 9.97 Å². The zero-order valence-corrected chi connectivity index (χ0v) is 13.3. The largest absolute Gasteiger partial charge is 0.493 e. The molecule has 118 valence electrons. The molecule has 0 radical (unpaired) electrons. The van der Waals surface area contributed by atoms with Gasteiger partial charge in [-0.2, -0.15) is 0 Å². The van der Waals surface area contributed by atoms with E-state index in [1.54, 1.807) is 20.3 Å². The van der Waals surface area contributed by atoms with Crippen LogP contribution in [0, 0.1) is 0 Å². The van der Waals surface area contributed by atoms with E-state index < -0.39 is 0 Å². The summed E-state index contributed by atoms with van der Waals surface area (Å²) in [5.74, 6) is 1.90. The Kier molecular flexibility index (Phi) is 4.49. The number of anilines is 1. The summed E-state index contributed by atoms with van der Waals surface area (Å²) >= 11 is 6.02. The molecule has 1 N–H and O–H groups in total. The Balaban J connectivity index is 1.96. The van der Waals surface area contributed by atoms with Gasteiger partial charge in [-0.05, 0) is 30.5 Å². The van der Waals surface area contributed by atoms with Crippen molar-refractivity contribution in [2.45, 2.75) is 18.9 Å². The van der Waals surface area contributed by atoms with Crippen molar-refractivity contribution in [3.05, 3.63) is 17.4 Å². The second kappa shape index (κ2) is 6.54. The molecule has 6 nitrogen and oxygen atoms in total. The summed E-state index contributed by atoms with van der Waals surface area (Å²) in [6.07, 6.45) is 2.37. The van der Waals surface area contributed by atoms with Crippen molar-refractivity contribution in [1.29, 1.82) is 0 Å². The standard InChI is InChI=1S/C15H18ClN3O3/c1-20-12-6-10-11(7-13(12)21-2)18-15(16)19-14(10)17-8-9-4-3-5-22-9/h6-7,9H,3-5,8H2,1-2H3,(H,17,18,19). The molecule has 1 aliphatic heterocycles. The molecule has 1 aliphatic rings. The summed E-state index contributed by atoms with van der Waals surface area (Å²) in [4.78, 5) is 8.53.